The van der Waals surface area contributed by atoms with E-state index in [9.17, 15) is 0 Å². The van der Waals surface area contributed by atoms with Crippen molar-refractivity contribution in [2.24, 2.45) is 0 Å². The number of hydrogen-bond acceptors (Lipinski definition) is 4. The van der Waals surface area contributed by atoms with Crippen LogP contribution in [0, 0.1) is 0 Å². The number of hydrogen-bond donors (Lipinski definition) is 0. The summed E-state index contributed by atoms with van der Waals surface area (Å²) in [7, 11) is -1.96. The van der Waals surface area contributed by atoms with Crippen LogP contribution in [0.5, 0.6) is 0 Å². The van der Waals surface area contributed by atoms with Crippen molar-refractivity contribution in [3.8, 4) is 0 Å². The Balaban J connectivity index is 1.19. The number of nitrogens with zero attached hydrogens (tertiary/aromatic N) is 4. The summed E-state index contributed by atoms with van der Waals surface area (Å²) in [5, 5.41) is 2.59. The molecule has 4 nitrogen and oxygen atoms in total. The van der Waals surface area contributed by atoms with Gasteiger partial charge < -0.3 is 0 Å². The Morgan fingerprint density at radius 2 is 0.438 bits per heavy atom. The minimum absolute atomic E-state index is 0.981. The first-order chi connectivity index (χ1) is 23.9. The molecule has 9 rings (SSSR count). The minimum atomic E-state index is -0.981. The summed E-state index contributed by atoms with van der Waals surface area (Å²) >= 11 is 0. The first-order valence-corrected chi connectivity index (χ1v) is 18.6. The fraction of sp³-hybridized carbons (Fsp3) is 0. The third kappa shape index (κ3) is 4.85. The topological polar surface area (TPSA) is 13.0 Å². The number of para-hydroxylation sites is 8. The van der Waals surface area contributed by atoms with E-state index in [0.29, 0.717) is 0 Å². The molecular weight excluding hydrogens is 622 g/mol. The first-order valence-electron chi connectivity index (χ1n) is 16.2. The van der Waals surface area contributed by atoms with Gasteiger partial charge in [0.25, 0.3) is 0 Å². The van der Waals surface area contributed by atoms with Crippen LogP contribution in [0.4, 0.5) is 45.5 Å². The Labute approximate surface area is 284 Å². The lowest BCUT2D eigenvalue weighted by Crippen LogP contribution is -2.25. The minimum Gasteiger partial charge on any atom is -0.297 e. The van der Waals surface area contributed by atoms with Gasteiger partial charge in [-0.05, 0) is 72.8 Å². The molecule has 2 heterocycles. The van der Waals surface area contributed by atoms with Gasteiger partial charge in [0.1, 0.15) is 16.4 Å². The molecule has 6 heteroatoms. The number of fused-ring (bicyclic) bond motifs is 2. The maximum Gasteiger partial charge on any atom is 0.138 e. The van der Waals surface area contributed by atoms with Crippen LogP contribution in [0.3, 0.4) is 0 Å². The van der Waals surface area contributed by atoms with Crippen molar-refractivity contribution in [1.29, 1.82) is 0 Å². The predicted molar refractivity (Wildman–Crippen MR) is 207 cm³/mol. The lowest BCUT2D eigenvalue weighted by Gasteiger charge is -2.34. The van der Waals surface area contributed by atoms with E-state index in [-0.39, 0.29) is 0 Å². The number of benzene rings is 7. The summed E-state index contributed by atoms with van der Waals surface area (Å²) < 4.78 is 10.2. The average Bonchev–Trinajstić information content (AvgIpc) is 3.70. The second kappa shape index (κ2) is 12.3. The molecule has 2 aliphatic heterocycles. The second-order valence-corrected chi connectivity index (χ2v) is 15.5. The molecule has 2 aliphatic rings. The van der Waals surface area contributed by atoms with Crippen LogP contribution in [0.25, 0.3) is 0 Å². The van der Waals surface area contributed by atoms with E-state index in [1.807, 2.05) is 0 Å². The Bertz CT molecular complexity index is 1870. The van der Waals surface area contributed by atoms with Crippen LogP contribution in [0.15, 0.2) is 194 Å². The molecule has 0 unspecified atom stereocenters. The Morgan fingerprint density at radius 1 is 0.229 bits per heavy atom. The molecule has 0 atom stereocenters. The predicted octanol–water partition coefficient (Wildman–Crippen LogP) is 11.5. The molecule has 0 spiro atoms. The highest BCUT2D eigenvalue weighted by molar-refractivity contribution is 7.71. The smallest absolute Gasteiger partial charge is 0.138 e. The van der Waals surface area contributed by atoms with Gasteiger partial charge in [-0.25, -0.2) is 0 Å². The molecule has 0 aromatic heterocycles. The highest BCUT2D eigenvalue weighted by atomic mass is 31.1. The fourth-order valence-corrected chi connectivity index (χ4v) is 11.7. The maximum absolute atomic E-state index is 2.54. The van der Waals surface area contributed by atoms with Crippen molar-refractivity contribution < 1.29 is 0 Å². The lowest BCUT2D eigenvalue weighted by molar-refractivity contribution is 1.44. The molecule has 0 N–H and O–H groups in total. The van der Waals surface area contributed by atoms with Crippen molar-refractivity contribution in [1.82, 2.24) is 0 Å². The van der Waals surface area contributed by atoms with Gasteiger partial charge in [0.05, 0.1) is 22.7 Å². The van der Waals surface area contributed by atoms with Gasteiger partial charge in [-0.15, -0.1) is 0 Å². The van der Waals surface area contributed by atoms with Crippen molar-refractivity contribution in [2.45, 2.75) is 0 Å². The van der Waals surface area contributed by atoms with E-state index in [4.69, 9.17) is 0 Å². The zero-order valence-corrected chi connectivity index (χ0v) is 27.9. The monoisotopic (exact) mass is 654 g/mol. The van der Waals surface area contributed by atoms with Gasteiger partial charge >= 0.3 is 0 Å². The highest BCUT2D eigenvalue weighted by Crippen LogP contribution is 2.66. The van der Waals surface area contributed by atoms with Crippen LogP contribution < -0.4 is 29.3 Å². The van der Waals surface area contributed by atoms with Gasteiger partial charge in [-0.2, -0.15) is 0 Å². The van der Waals surface area contributed by atoms with E-state index in [1.165, 1.54) is 56.1 Å². The van der Waals surface area contributed by atoms with Crippen molar-refractivity contribution >= 4 is 72.6 Å². The molecule has 230 valence electrons. The van der Waals surface area contributed by atoms with Crippen LogP contribution in [0.1, 0.15) is 0 Å². The summed E-state index contributed by atoms with van der Waals surface area (Å²) in [5.74, 6) is 0. The standard InChI is InChI=1S/C42H32N4P2/c1-5-17-33(18-6-1)43-39-25-13-14-26-40(39)44(34-19-7-2-8-20-34)47(43)37-29-31-38(32-30-37)48-45(35-21-9-3-10-22-35)41-27-15-16-28-42(41)46(48)36-23-11-4-12-24-36/h1-32H. The number of rotatable bonds is 6. The largest absolute Gasteiger partial charge is 0.297 e. The molecule has 7 aromatic rings. The summed E-state index contributed by atoms with van der Waals surface area (Å²) in [4.78, 5) is 0. The Kier molecular flexibility index (Phi) is 7.39. The maximum atomic E-state index is 2.54. The third-order valence-electron chi connectivity index (χ3n) is 8.75. The summed E-state index contributed by atoms with van der Waals surface area (Å²) in [6.07, 6.45) is 0. The summed E-state index contributed by atoms with van der Waals surface area (Å²) in [5.41, 5.74) is 9.68. The normalized spacial score (nSPS) is 14.3. The highest BCUT2D eigenvalue weighted by Gasteiger charge is 2.42. The molecular formula is C42H32N4P2. The average molecular weight is 655 g/mol. The second-order valence-electron chi connectivity index (χ2n) is 11.7. The zero-order chi connectivity index (χ0) is 31.9. The Hall–Kier alpha value is -5.40. The first kappa shape index (κ1) is 28.8. The SMILES string of the molecule is c1ccc(N2c3ccccc3N(c3ccccc3)P2c2ccc(P3N(c4ccccc4)c4ccccc4N3c3ccccc3)cc2)cc1. The molecule has 0 saturated carbocycles. The summed E-state index contributed by atoms with van der Waals surface area (Å²) in [6.45, 7) is 0. The third-order valence-corrected chi connectivity index (χ3v) is 13.6. The van der Waals surface area contributed by atoms with Crippen molar-refractivity contribution in [3.63, 3.8) is 0 Å². The van der Waals surface area contributed by atoms with E-state index in [0.717, 1.165) is 0 Å². The van der Waals surface area contributed by atoms with Crippen LogP contribution in [-0.4, -0.2) is 0 Å². The molecule has 0 saturated heterocycles. The molecule has 48 heavy (non-hydrogen) atoms. The lowest BCUT2D eigenvalue weighted by atomic mass is 10.2. The van der Waals surface area contributed by atoms with E-state index >= 15 is 0 Å². The van der Waals surface area contributed by atoms with E-state index < -0.39 is 16.4 Å². The molecule has 0 fully saturated rings. The molecule has 7 aromatic carbocycles. The van der Waals surface area contributed by atoms with Gasteiger partial charge in [0.2, 0.25) is 0 Å². The fourth-order valence-electron chi connectivity index (χ4n) is 6.68. The van der Waals surface area contributed by atoms with E-state index in [1.54, 1.807) is 0 Å². The van der Waals surface area contributed by atoms with Crippen LogP contribution in [-0.2, 0) is 0 Å². The molecule has 0 amide bonds. The molecule has 0 radical (unpaired) electrons. The van der Waals surface area contributed by atoms with E-state index in [2.05, 4.69) is 213 Å². The number of anilines is 8. The van der Waals surface area contributed by atoms with Gasteiger partial charge in [0.15, 0.2) is 0 Å². The van der Waals surface area contributed by atoms with Gasteiger partial charge in [-0.3, -0.25) is 18.7 Å². The van der Waals surface area contributed by atoms with Crippen molar-refractivity contribution in [3.05, 3.63) is 194 Å². The molecule has 0 bridgehead atoms. The zero-order valence-electron chi connectivity index (χ0n) is 26.2. The van der Waals surface area contributed by atoms with Crippen LogP contribution in [0.2, 0.25) is 0 Å². The Morgan fingerprint density at radius 3 is 0.667 bits per heavy atom. The van der Waals surface area contributed by atoms with Gasteiger partial charge in [0, 0.05) is 33.4 Å². The van der Waals surface area contributed by atoms with Gasteiger partial charge in [-0.1, -0.05) is 121 Å². The summed E-state index contributed by atoms with van der Waals surface area (Å²) in [6, 6.07) is 70.4. The van der Waals surface area contributed by atoms with Crippen LogP contribution >= 0.6 is 16.4 Å². The van der Waals surface area contributed by atoms with Crippen molar-refractivity contribution in [2.75, 3.05) is 18.7 Å². The molecule has 0 aliphatic carbocycles. The quantitative estimate of drug-likeness (QED) is 0.165.